The van der Waals surface area contributed by atoms with Crippen LogP contribution in [0.5, 0.6) is 0 Å². The van der Waals surface area contributed by atoms with Gasteiger partial charge in [0.2, 0.25) is 0 Å². The maximum absolute atomic E-state index is 11.9. The summed E-state index contributed by atoms with van der Waals surface area (Å²) in [7, 11) is 0. The number of carbonyl (C=O) groups excluding carboxylic acids is 1. The highest BCUT2D eigenvalue weighted by molar-refractivity contribution is 6.31. The number of carbonyl (C=O) groups is 1. The van der Waals surface area contributed by atoms with E-state index in [1.807, 2.05) is 38.1 Å². The van der Waals surface area contributed by atoms with Gasteiger partial charge in [0.1, 0.15) is 11.6 Å². The van der Waals surface area contributed by atoms with Gasteiger partial charge in [-0.05, 0) is 25.0 Å². The van der Waals surface area contributed by atoms with Crippen LogP contribution in [0, 0.1) is 11.3 Å². The van der Waals surface area contributed by atoms with Crippen LogP contribution in [0.3, 0.4) is 0 Å². The Hall–Kier alpha value is -1.99. The van der Waals surface area contributed by atoms with Crippen molar-refractivity contribution in [1.29, 1.82) is 5.26 Å². The van der Waals surface area contributed by atoms with E-state index in [-0.39, 0.29) is 11.6 Å². The molecule has 0 radical (unpaired) electrons. The normalized spacial score (nSPS) is 12.4. The van der Waals surface area contributed by atoms with Gasteiger partial charge in [-0.1, -0.05) is 36.7 Å². The molecule has 0 saturated carbocycles. The number of hydrogen-bond acceptors (Lipinski definition) is 3. The highest BCUT2D eigenvalue weighted by Gasteiger charge is 2.09. The summed E-state index contributed by atoms with van der Waals surface area (Å²) < 4.78 is 0. The van der Waals surface area contributed by atoms with Crippen LogP contribution < -0.4 is 10.6 Å². The summed E-state index contributed by atoms with van der Waals surface area (Å²) in [4.78, 5) is 11.9. The second-order valence-corrected chi connectivity index (χ2v) is 4.83. The molecule has 1 unspecified atom stereocenters. The molecule has 1 rings (SSSR count). The van der Waals surface area contributed by atoms with Gasteiger partial charge < -0.3 is 10.6 Å². The largest absolute Gasteiger partial charge is 0.387 e. The molecular weight excluding hydrogens is 274 g/mol. The summed E-state index contributed by atoms with van der Waals surface area (Å²) in [5, 5.41) is 15.3. The Morgan fingerprint density at radius 3 is 2.80 bits per heavy atom. The van der Waals surface area contributed by atoms with E-state index < -0.39 is 5.91 Å². The van der Waals surface area contributed by atoms with E-state index >= 15 is 0 Å². The van der Waals surface area contributed by atoms with Crippen molar-refractivity contribution < 1.29 is 4.79 Å². The third-order valence-electron chi connectivity index (χ3n) is 2.89. The average Bonchev–Trinajstić information content (AvgIpc) is 2.46. The highest BCUT2D eigenvalue weighted by Crippen LogP contribution is 2.14. The van der Waals surface area contributed by atoms with Crippen LogP contribution in [0.25, 0.3) is 0 Å². The Morgan fingerprint density at radius 1 is 1.50 bits per heavy atom. The van der Waals surface area contributed by atoms with Crippen molar-refractivity contribution in [2.24, 2.45) is 0 Å². The number of nitrogens with one attached hydrogen (secondary N) is 2. The maximum Gasteiger partial charge on any atom is 0.263 e. The molecule has 1 atom stereocenters. The summed E-state index contributed by atoms with van der Waals surface area (Å²) in [6, 6.07) is 9.36. The van der Waals surface area contributed by atoms with Gasteiger partial charge in [0, 0.05) is 23.8 Å². The molecule has 0 bridgehead atoms. The summed E-state index contributed by atoms with van der Waals surface area (Å²) in [6.07, 6.45) is 2.37. The monoisotopic (exact) mass is 291 g/mol. The molecule has 20 heavy (non-hydrogen) atoms. The molecule has 1 aromatic rings. The van der Waals surface area contributed by atoms with Crippen molar-refractivity contribution in [2.75, 3.05) is 0 Å². The Balaban J connectivity index is 2.61. The predicted octanol–water partition coefficient (Wildman–Crippen LogP) is 2.75. The fraction of sp³-hybridized carbons (Fsp3) is 0.333. The second-order valence-electron chi connectivity index (χ2n) is 4.42. The summed E-state index contributed by atoms with van der Waals surface area (Å²) in [6.45, 7) is 4.29. The first-order chi connectivity index (χ1) is 9.58. The molecule has 5 heteroatoms. The molecule has 0 aliphatic carbocycles. The number of hydrogen-bond donors (Lipinski definition) is 2. The summed E-state index contributed by atoms with van der Waals surface area (Å²) in [5.74, 6) is -0.414. The standard InChI is InChI=1S/C15H18ClN3O/c1-3-11(2)18-10-13(8-17)15(20)19-9-12-6-4-5-7-14(12)16/h4-7,10-11,18H,3,9H2,1-2H3,(H,19,20)/b13-10-. The minimum Gasteiger partial charge on any atom is -0.387 e. The molecule has 0 heterocycles. The molecule has 0 aliphatic heterocycles. The summed E-state index contributed by atoms with van der Waals surface area (Å²) in [5.41, 5.74) is 0.868. The van der Waals surface area contributed by atoms with Crippen molar-refractivity contribution in [3.05, 3.63) is 46.6 Å². The average molecular weight is 292 g/mol. The lowest BCUT2D eigenvalue weighted by molar-refractivity contribution is -0.117. The van der Waals surface area contributed by atoms with E-state index in [2.05, 4.69) is 10.6 Å². The molecule has 0 saturated heterocycles. The van der Waals surface area contributed by atoms with E-state index in [9.17, 15) is 4.79 Å². The third kappa shape index (κ3) is 4.94. The number of nitrogens with zero attached hydrogens (tertiary/aromatic N) is 1. The van der Waals surface area contributed by atoms with Gasteiger partial charge in [-0.25, -0.2) is 0 Å². The molecule has 4 nitrogen and oxygen atoms in total. The van der Waals surface area contributed by atoms with E-state index in [1.165, 1.54) is 6.20 Å². The third-order valence-corrected chi connectivity index (χ3v) is 3.26. The molecular formula is C15H18ClN3O. The van der Waals surface area contributed by atoms with Crippen LogP contribution in [-0.2, 0) is 11.3 Å². The zero-order valence-corrected chi connectivity index (χ0v) is 12.4. The molecule has 0 aliphatic rings. The van der Waals surface area contributed by atoms with E-state index in [4.69, 9.17) is 16.9 Å². The van der Waals surface area contributed by atoms with Crippen molar-refractivity contribution in [2.45, 2.75) is 32.9 Å². The van der Waals surface area contributed by atoms with Crippen molar-refractivity contribution in [3.63, 3.8) is 0 Å². The molecule has 106 valence electrons. The first kappa shape index (κ1) is 16.1. The van der Waals surface area contributed by atoms with Crippen molar-refractivity contribution >= 4 is 17.5 Å². The number of benzene rings is 1. The first-order valence-electron chi connectivity index (χ1n) is 6.46. The van der Waals surface area contributed by atoms with Crippen LogP contribution in [0.4, 0.5) is 0 Å². The quantitative estimate of drug-likeness (QED) is 0.626. The van der Waals surface area contributed by atoms with Gasteiger partial charge >= 0.3 is 0 Å². The Labute approximate surface area is 124 Å². The SMILES string of the molecule is CCC(C)N/C=C(/C#N)C(=O)NCc1ccccc1Cl. The molecule has 1 aromatic carbocycles. The molecule has 0 spiro atoms. The molecule has 0 aromatic heterocycles. The topological polar surface area (TPSA) is 64.9 Å². The Morgan fingerprint density at radius 2 is 2.20 bits per heavy atom. The minimum atomic E-state index is -0.414. The zero-order valence-electron chi connectivity index (χ0n) is 11.6. The fourth-order valence-electron chi connectivity index (χ4n) is 1.40. The lowest BCUT2D eigenvalue weighted by atomic mass is 10.2. The van der Waals surface area contributed by atoms with Crippen molar-refractivity contribution in [1.82, 2.24) is 10.6 Å². The summed E-state index contributed by atoms with van der Waals surface area (Å²) >= 11 is 6.00. The van der Waals surface area contributed by atoms with Crippen LogP contribution in [-0.4, -0.2) is 11.9 Å². The Bertz CT molecular complexity index is 534. The lowest BCUT2D eigenvalue weighted by Crippen LogP contribution is -2.27. The molecule has 0 fully saturated rings. The first-order valence-corrected chi connectivity index (χ1v) is 6.84. The van der Waals surface area contributed by atoms with E-state index in [0.717, 1.165) is 12.0 Å². The highest BCUT2D eigenvalue weighted by atomic mass is 35.5. The molecule has 2 N–H and O–H groups in total. The maximum atomic E-state index is 11.9. The zero-order chi connectivity index (χ0) is 15.0. The van der Waals surface area contributed by atoms with E-state index in [1.54, 1.807) is 6.07 Å². The van der Waals surface area contributed by atoms with Gasteiger partial charge in [-0.3, -0.25) is 4.79 Å². The van der Waals surface area contributed by atoms with Crippen LogP contribution >= 0.6 is 11.6 Å². The van der Waals surface area contributed by atoms with Crippen LogP contribution in [0.1, 0.15) is 25.8 Å². The van der Waals surface area contributed by atoms with Gasteiger partial charge in [-0.15, -0.1) is 0 Å². The van der Waals surface area contributed by atoms with Crippen LogP contribution in [0.2, 0.25) is 5.02 Å². The van der Waals surface area contributed by atoms with Gasteiger partial charge in [-0.2, -0.15) is 5.26 Å². The van der Waals surface area contributed by atoms with Crippen LogP contribution in [0.15, 0.2) is 36.0 Å². The smallest absolute Gasteiger partial charge is 0.263 e. The Kier molecular flexibility index (Phi) is 6.61. The number of halogens is 1. The lowest BCUT2D eigenvalue weighted by Gasteiger charge is -2.09. The number of amides is 1. The minimum absolute atomic E-state index is 0.0531. The van der Waals surface area contributed by atoms with Gasteiger partial charge in [0.15, 0.2) is 0 Å². The van der Waals surface area contributed by atoms with Gasteiger partial charge in [0.25, 0.3) is 5.91 Å². The van der Waals surface area contributed by atoms with Crippen molar-refractivity contribution in [3.8, 4) is 6.07 Å². The van der Waals surface area contributed by atoms with E-state index in [0.29, 0.717) is 11.6 Å². The fourth-order valence-corrected chi connectivity index (χ4v) is 1.61. The number of rotatable bonds is 6. The predicted molar refractivity (Wildman–Crippen MR) is 79.9 cm³/mol. The second kappa shape index (κ2) is 8.23. The molecule has 1 amide bonds. The number of nitriles is 1. The van der Waals surface area contributed by atoms with Gasteiger partial charge in [0.05, 0.1) is 0 Å².